The van der Waals surface area contributed by atoms with E-state index < -0.39 is 0 Å². The summed E-state index contributed by atoms with van der Waals surface area (Å²) in [5.74, 6) is 0. The summed E-state index contributed by atoms with van der Waals surface area (Å²) in [6.45, 7) is 0. The Hall–Kier alpha value is -7.86. The van der Waals surface area contributed by atoms with Gasteiger partial charge in [0.15, 0.2) is 0 Å². The molecule has 11 aromatic rings. The van der Waals surface area contributed by atoms with Crippen molar-refractivity contribution < 1.29 is 0 Å². The zero-order chi connectivity index (χ0) is 36.6. The van der Waals surface area contributed by atoms with E-state index in [-0.39, 0.29) is 0 Å². The van der Waals surface area contributed by atoms with E-state index >= 15 is 0 Å². The zero-order valence-corrected chi connectivity index (χ0v) is 29.5. The molecule has 0 aliphatic rings. The largest absolute Gasteiger partial charge is 0.309 e. The molecule has 0 saturated carbocycles. The molecule has 3 aromatic heterocycles. The molecule has 0 amide bonds. The first kappa shape index (κ1) is 30.7. The molecule has 55 heavy (non-hydrogen) atoms. The average Bonchev–Trinajstić information content (AvgIpc) is 3.89. The Morgan fingerprint density at radius 3 is 1.53 bits per heavy atom. The van der Waals surface area contributed by atoms with Gasteiger partial charge in [0.25, 0.3) is 0 Å². The van der Waals surface area contributed by atoms with Gasteiger partial charge < -0.3 is 13.7 Å². The van der Waals surface area contributed by atoms with Crippen LogP contribution in [0.1, 0.15) is 11.1 Å². The minimum Gasteiger partial charge on any atom is -0.309 e. The van der Waals surface area contributed by atoms with Crippen LogP contribution in [0.5, 0.6) is 0 Å². The summed E-state index contributed by atoms with van der Waals surface area (Å²) in [7, 11) is 0. The molecule has 0 spiro atoms. The number of fused-ring (bicyclic) bond motifs is 9. The van der Waals surface area contributed by atoms with Gasteiger partial charge in [-0.1, -0.05) is 97.1 Å². The third kappa shape index (κ3) is 4.45. The Kier molecular flexibility index (Phi) is 6.61. The van der Waals surface area contributed by atoms with E-state index in [2.05, 4.69) is 165 Å². The number of hydrogen-bond donors (Lipinski definition) is 0. The second-order valence-corrected chi connectivity index (χ2v) is 14.0. The molecular weight excluding hydrogens is 671 g/mol. The second kappa shape index (κ2) is 11.8. The van der Waals surface area contributed by atoms with Crippen molar-refractivity contribution in [3.05, 3.63) is 187 Å². The van der Waals surface area contributed by atoms with Crippen LogP contribution in [0.25, 0.3) is 93.6 Å². The van der Waals surface area contributed by atoms with Crippen LogP contribution in [0.2, 0.25) is 0 Å². The van der Waals surface area contributed by atoms with Gasteiger partial charge in [-0.15, -0.1) is 0 Å². The van der Waals surface area contributed by atoms with E-state index in [9.17, 15) is 10.5 Å². The topological polar surface area (TPSA) is 62.4 Å². The van der Waals surface area contributed by atoms with Crippen LogP contribution >= 0.6 is 0 Å². The molecule has 11 rings (SSSR count). The van der Waals surface area contributed by atoms with Gasteiger partial charge in [0.2, 0.25) is 0 Å². The molecule has 254 valence electrons. The molecule has 8 aromatic carbocycles. The molecule has 0 aliphatic carbocycles. The molecule has 0 aliphatic heterocycles. The van der Waals surface area contributed by atoms with Crippen LogP contribution in [0, 0.1) is 22.7 Å². The van der Waals surface area contributed by atoms with E-state index in [4.69, 9.17) is 0 Å². The number of nitrogens with zero attached hydrogens (tertiary/aromatic N) is 5. The van der Waals surface area contributed by atoms with Crippen LogP contribution in [0.15, 0.2) is 176 Å². The summed E-state index contributed by atoms with van der Waals surface area (Å²) in [4.78, 5) is 0. The lowest BCUT2D eigenvalue weighted by atomic mass is 10.00. The molecule has 3 heterocycles. The normalized spacial score (nSPS) is 11.6. The smallest absolute Gasteiger partial charge is 0.0998 e. The highest BCUT2D eigenvalue weighted by Crippen LogP contribution is 2.40. The zero-order valence-electron chi connectivity index (χ0n) is 29.5. The summed E-state index contributed by atoms with van der Waals surface area (Å²) >= 11 is 0. The van der Waals surface area contributed by atoms with Gasteiger partial charge in [-0.2, -0.15) is 10.5 Å². The van der Waals surface area contributed by atoms with Crippen LogP contribution in [0.3, 0.4) is 0 Å². The molecule has 5 nitrogen and oxygen atoms in total. The summed E-state index contributed by atoms with van der Waals surface area (Å²) < 4.78 is 6.94. The molecule has 0 unspecified atom stereocenters. The third-order valence-corrected chi connectivity index (χ3v) is 11.1. The Morgan fingerprint density at radius 1 is 0.364 bits per heavy atom. The van der Waals surface area contributed by atoms with Gasteiger partial charge in [-0.3, -0.25) is 0 Å². The fraction of sp³-hybridized carbons (Fsp3) is 0. The van der Waals surface area contributed by atoms with Crippen molar-refractivity contribution in [3.63, 3.8) is 0 Å². The van der Waals surface area contributed by atoms with Crippen molar-refractivity contribution >= 4 is 65.4 Å². The SMILES string of the molecule is N#Cc1ccc(-n2c3ccccc3c3ccc(-n4c5ccccc5c5ccccc54)cc32)c(-c2ccc(-n3c4ccccc4c4c(C#N)cccc43)cc2)c1. The second-order valence-electron chi connectivity index (χ2n) is 14.0. The number of aromatic nitrogens is 3. The third-order valence-electron chi connectivity index (χ3n) is 11.1. The van der Waals surface area contributed by atoms with Crippen LogP contribution in [-0.4, -0.2) is 13.7 Å². The molecule has 5 heteroatoms. The fourth-order valence-electron chi connectivity index (χ4n) is 8.77. The van der Waals surface area contributed by atoms with E-state index in [1.54, 1.807) is 0 Å². The number of nitriles is 2. The maximum absolute atomic E-state index is 10.1. The van der Waals surface area contributed by atoms with Gasteiger partial charge in [-0.05, 0) is 84.4 Å². The summed E-state index contributed by atoms with van der Waals surface area (Å²) in [6.07, 6.45) is 0. The molecule has 0 bridgehead atoms. The van der Waals surface area contributed by atoms with Gasteiger partial charge in [0.05, 0.1) is 62.1 Å². The minimum atomic E-state index is 0.598. The Balaban J connectivity index is 1.13. The van der Waals surface area contributed by atoms with Gasteiger partial charge in [-0.25, -0.2) is 0 Å². The van der Waals surface area contributed by atoms with Crippen molar-refractivity contribution in [2.75, 3.05) is 0 Å². The number of hydrogen-bond acceptors (Lipinski definition) is 2. The van der Waals surface area contributed by atoms with E-state index in [1.807, 2.05) is 36.4 Å². The summed E-state index contributed by atoms with van der Waals surface area (Å²) in [5.41, 5.74) is 12.8. The first-order chi connectivity index (χ1) is 27.2. The minimum absolute atomic E-state index is 0.598. The number of para-hydroxylation sites is 4. The summed E-state index contributed by atoms with van der Waals surface area (Å²) in [5, 5.41) is 26.9. The van der Waals surface area contributed by atoms with E-state index in [0.717, 1.165) is 77.4 Å². The first-order valence-electron chi connectivity index (χ1n) is 18.3. The van der Waals surface area contributed by atoms with Gasteiger partial charge in [0, 0.05) is 49.3 Å². The van der Waals surface area contributed by atoms with Crippen molar-refractivity contribution in [3.8, 4) is 40.3 Å². The predicted molar refractivity (Wildman–Crippen MR) is 224 cm³/mol. The molecule has 0 atom stereocenters. The fourth-order valence-corrected chi connectivity index (χ4v) is 8.77. The average molecular weight is 700 g/mol. The Bertz CT molecular complexity index is 3400. The van der Waals surface area contributed by atoms with Gasteiger partial charge in [0.1, 0.15) is 0 Å². The van der Waals surface area contributed by atoms with Gasteiger partial charge >= 0.3 is 0 Å². The van der Waals surface area contributed by atoms with Crippen molar-refractivity contribution in [2.24, 2.45) is 0 Å². The maximum atomic E-state index is 10.1. The molecule has 0 fully saturated rings. The highest BCUT2D eigenvalue weighted by Gasteiger charge is 2.20. The molecule has 0 radical (unpaired) electrons. The van der Waals surface area contributed by atoms with E-state index in [0.29, 0.717) is 11.1 Å². The van der Waals surface area contributed by atoms with Crippen molar-refractivity contribution in [2.45, 2.75) is 0 Å². The summed E-state index contributed by atoms with van der Waals surface area (Å²) in [6, 6.07) is 66.0. The highest BCUT2D eigenvalue weighted by molar-refractivity contribution is 6.13. The number of rotatable bonds is 4. The lowest BCUT2D eigenvalue weighted by Gasteiger charge is -2.16. The quantitative estimate of drug-likeness (QED) is 0.184. The highest BCUT2D eigenvalue weighted by atomic mass is 15.0. The molecule has 0 N–H and O–H groups in total. The lowest BCUT2D eigenvalue weighted by Crippen LogP contribution is -2.00. The number of benzene rings is 8. The maximum Gasteiger partial charge on any atom is 0.0998 e. The van der Waals surface area contributed by atoms with Crippen molar-refractivity contribution in [1.29, 1.82) is 10.5 Å². The Morgan fingerprint density at radius 2 is 0.891 bits per heavy atom. The molecular formula is C50H29N5. The van der Waals surface area contributed by atoms with Crippen LogP contribution in [-0.2, 0) is 0 Å². The van der Waals surface area contributed by atoms with Crippen molar-refractivity contribution in [1.82, 2.24) is 13.7 Å². The van der Waals surface area contributed by atoms with Crippen LogP contribution in [0.4, 0.5) is 0 Å². The first-order valence-corrected chi connectivity index (χ1v) is 18.3. The van der Waals surface area contributed by atoms with E-state index in [1.165, 1.54) is 16.2 Å². The lowest BCUT2D eigenvalue weighted by molar-refractivity contribution is 1.15. The van der Waals surface area contributed by atoms with Crippen LogP contribution < -0.4 is 0 Å². The molecule has 0 saturated heterocycles. The monoisotopic (exact) mass is 699 g/mol. The standard InChI is InChI=1S/C50H29N5/c51-30-32-20-27-47(42(28-32)33-21-23-35(24-22-33)53-46-18-8-4-14-41(46)50-34(31-52)10-9-19-48(50)53)55-45-17-7-3-13-39(45)40-26-25-36(29-49(40)55)54-43-15-5-1-11-37(43)38-12-2-6-16-44(38)54/h1-29H. The Labute approximate surface area is 316 Å². The predicted octanol–water partition coefficient (Wildman–Crippen LogP) is 12.4.